The largest absolute Gasteiger partial charge is 0.379 e. The zero-order valence-corrected chi connectivity index (χ0v) is 9.78. The minimum Gasteiger partial charge on any atom is -0.379 e. The first-order chi connectivity index (χ1) is 7.58. The Morgan fingerprint density at radius 3 is 2.88 bits per heavy atom. The maximum Gasteiger partial charge on any atom is 0.243 e. The topological polar surface area (TPSA) is 58.6 Å². The third-order valence-electron chi connectivity index (χ3n) is 3.46. The van der Waals surface area contributed by atoms with Crippen LogP contribution in [-0.2, 0) is 14.3 Å². The van der Waals surface area contributed by atoms with Crippen molar-refractivity contribution in [1.29, 1.82) is 0 Å². The van der Waals surface area contributed by atoms with Crippen molar-refractivity contribution in [3.05, 3.63) is 0 Å². The molecule has 5 heteroatoms. The summed E-state index contributed by atoms with van der Waals surface area (Å²) >= 11 is 0. The van der Waals surface area contributed by atoms with E-state index < -0.39 is 0 Å². The zero-order chi connectivity index (χ0) is 11.8. The van der Waals surface area contributed by atoms with Gasteiger partial charge in [0, 0.05) is 6.61 Å². The Morgan fingerprint density at radius 2 is 2.31 bits per heavy atom. The summed E-state index contributed by atoms with van der Waals surface area (Å²) in [6, 6.07) is -0.340. The molecule has 2 heterocycles. The molecule has 0 bridgehead atoms. The molecule has 0 aromatic carbocycles. The van der Waals surface area contributed by atoms with Crippen LogP contribution in [0.1, 0.15) is 26.7 Å². The highest BCUT2D eigenvalue weighted by molar-refractivity contribution is 5.95. The molecule has 0 radical (unpaired) electrons. The van der Waals surface area contributed by atoms with Crippen molar-refractivity contribution in [1.82, 2.24) is 10.2 Å². The Morgan fingerprint density at radius 1 is 1.56 bits per heavy atom. The molecule has 0 aliphatic carbocycles. The molecular formula is C11H18N2O3. The van der Waals surface area contributed by atoms with Crippen molar-refractivity contribution in [2.75, 3.05) is 19.8 Å². The second-order valence-electron chi connectivity index (χ2n) is 4.71. The lowest BCUT2D eigenvalue weighted by molar-refractivity contribution is -0.152. The van der Waals surface area contributed by atoms with Crippen LogP contribution < -0.4 is 5.32 Å². The van der Waals surface area contributed by atoms with Gasteiger partial charge in [0.15, 0.2) is 0 Å². The predicted molar refractivity (Wildman–Crippen MR) is 57.8 cm³/mol. The first-order valence-electron chi connectivity index (χ1n) is 5.76. The van der Waals surface area contributed by atoms with Crippen LogP contribution in [0.3, 0.4) is 0 Å². The molecule has 2 unspecified atom stereocenters. The number of carbonyl (C=O) groups excluding carboxylic acids is 2. The second-order valence-corrected chi connectivity index (χ2v) is 4.71. The first kappa shape index (κ1) is 11.4. The summed E-state index contributed by atoms with van der Waals surface area (Å²) in [6.07, 6.45) is 1.45. The van der Waals surface area contributed by atoms with Crippen LogP contribution in [0.2, 0.25) is 0 Å². The molecule has 16 heavy (non-hydrogen) atoms. The maximum absolute atomic E-state index is 12.0. The van der Waals surface area contributed by atoms with Crippen molar-refractivity contribution < 1.29 is 14.3 Å². The molecular weight excluding hydrogens is 208 g/mol. The van der Waals surface area contributed by atoms with Crippen molar-refractivity contribution in [3.8, 4) is 0 Å². The Bertz CT molecular complexity index is 310. The van der Waals surface area contributed by atoms with Gasteiger partial charge in [0.1, 0.15) is 6.04 Å². The molecule has 0 spiro atoms. The van der Waals surface area contributed by atoms with Gasteiger partial charge in [-0.3, -0.25) is 9.59 Å². The number of nitrogens with zero attached hydrogens (tertiary/aromatic N) is 1. The minimum atomic E-state index is -0.340. The van der Waals surface area contributed by atoms with E-state index in [4.69, 9.17) is 4.74 Å². The highest BCUT2D eigenvalue weighted by Crippen LogP contribution is 2.30. The Balaban J connectivity index is 2.26. The highest BCUT2D eigenvalue weighted by atomic mass is 16.5. The fraction of sp³-hybridized carbons (Fsp3) is 0.818. The van der Waals surface area contributed by atoms with E-state index in [0.29, 0.717) is 19.6 Å². The van der Waals surface area contributed by atoms with Crippen LogP contribution >= 0.6 is 0 Å². The smallest absolute Gasteiger partial charge is 0.243 e. The number of amides is 2. The van der Waals surface area contributed by atoms with Gasteiger partial charge in [-0.15, -0.1) is 0 Å². The van der Waals surface area contributed by atoms with E-state index in [1.54, 1.807) is 4.90 Å². The minimum absolute atomic E-state index is 0.000509. The van der Waals surface area contributed by atoms with Gasteiger partial charge in [-0.2, -0.15) is 0 Å². The number of carbonyl (C=O) groups is 2. The zero-order valence-electron chi connectivity index (χ0n) is 9.78. The van der Waals surface area contributed by atoms with E-state index in [1.165, 1.54) is 0 Å². The molecule has 2 aliphatic heterocycles. The number of nitrogens with one attached hydrogen (secondary N) is 1. The standard InChI is InChI=1S/C11H18N2O3/c1-3-8-10(15)12-6-9(14)13(8)11(2)4-5-16-7-11/h8H,3-7H2,1-2H3,(H,12,15). The SMILES string of the molecule is CCC1C(=O)NCC(=O)N1C1(C)CCOC1. The molecule has 2 atom stereocenters. The summed E-state index contributed by atoms with van der Waals surface area (Å²) in [7, 11) is 0. The highest BCUT2D eigenvalue weighted by Gasteiger charge is 2.46. The van der Waals surface area contributed by atoms with E-state index in [9.17, 15) is 9.59 Å². The summed E-state index contributed by atoms with van der Waals surface area (Å²) in [5.74, 6) is -0.0466. The summed E-state index contributed by atoms with van der Waals surface area (Å²) < 4.78 is 5.36. The number of hydrogen-bond acceptors (Lipinski definition) is 3. The summed E-state index contributed by atoms with van der Waals surface area (Å²) in [5.41, 5.74) is -0.310. The van der Waals surface area contributed by atoms with Crippen LogP contribution in [0.4, 0.5) is 0 Å². The van der Waals surface area contributed by atoms with E-state index >= 15 is 0 Å². The molecule has 0 aromatic heterocycles. The van der Waals surface area contributed by atoms with Gasteiger partial charge in [0.2, 0.25) is 11.8 Å². The lowest BCUT2D eigenvalue weighted by Crippen LogP contribution is -2.65. The van der Waals surface area contributed by atoms with E-state index in [-0.39, 0.29) is 29.9 Å². The van der Waals surface area contributed by atoms with Gasteiger partial charge in [-0.25, -0.2) is 0 Å². The van der Waals surface area contributed by atoms with E-state index in [0.717, 1.165) is 6.42 Å². The summed E-state index contributed by atoms with van der Waals surface area (Å²) in [5, 5.41) is 2.63. The number of rotatable bonds is 2. The Hall–Kier alpha value is -1.10. The molecule has 2 saturated heterocycles. The molecule has 2 amide bonds. The van der Waals surface area contributed by atoms with Crippen molar-refractivity contribution in [2.24, 2.45) is 0 Å². The molecule has 2 aliphatic rings. The van der Waals surface area contributed by atoms with Crippen LogP contribution in [-0.4, -0.2) is 48.1 Å². The van der Waals surface area contributed by atoms with Crippen molar-refractivity contribution in [3.63, 3.8) is 0 Å². The lowest BCUT2D eigenvalue weighted by atomic mass is 9.94. The molecule has 1 N–H and O–H groups in total. The van der Waals surface area contributed by atoms with Crippen LogP contribution in [0.25, 0.3) is 0 Å². The quantitative estimate of drug-likeness (QED) is 0.715. The number of hydrogen-bond donors (Lipinski definition) is 1. The normalized spacial score (nSPS) is 35.4. The molecule has 2 fully saturated rings. The maximum atomic E-state index is 12.0. The van der Waals surface area contributed by atoms with Gasteiger partial charge in [0.05, 0.1) is 18.7 Å². The fourth-order valence-electron chi connectivity index (χ4n) is 2.55. The summed E-state index contributed by atoms with van der Waals surface area (Å²) in [6.45, 7) is 5.24. The van der Waals surface area contributed by atoms with Crippen molar-refractivity contribution in [2.45, 2.75) is 38.3 Å². The predicted octanol–water partition coefficient (Wildman–Crippen LogP) is -0.0976. The van der Waals surface area contributed by atoms with Gasteiger partial charge in [0.25, 0.3) is 0 Å². The fourth-order valence-corrected chi connectivity index (χ4v) is 2.55. The molecule has 2 rings (SSSR count). The molecule has 0 saturated carbocycles. The summed E-state index contributed by atoms with van der Waals surface area (Å²) in [4.78, 5) is 25.4. The van der Waals surface area contributed by atoms with Gasteiger partial charge >= 0.3 is 0 Å². The Kier molecular flexibility index (Phi) is 2.88. The van der Waals surface area contributed by atoms with Gasteiger partial charge in [-0.05, 0) is 19.8 Å². The average Bonchev–Trinajstić information content (AvgIpc) is 2.69. The molecule has 90 valence electrons. The van der Waals surface area contributed by atoms with Gasteiger partial charge < -0.3 is 15.0 Å². The van der Waals surface area contributed by atoms with E-state index in [1.807, 2.05) is 13.8 Å². The van der Waals surface area contributed by atoms with E-state index in [2.05, 4.69) is 5.32 Å². The monoisotopic (exact) mass is 226 g/mol. The third kappa shape index (κ3) is 1.69. The van der Waals surface area contributed by atoms with Crippen molar-refractivity contribution >= 4 is 11.8 Å². The molecule has 5 nitrogen and oxygen atoms in total. The lowest BCUT2D eigenvalue weighted by Gasteiger charge is -2.44. The molecule has 0 aromatic rings. The van der Waals surface area contributed by atoms with Gasteiger partial charge in [-0.1, -0.05) is 6.92 Å². The van der Waals surface area contributed by atoms with Crippen LogP contribution in [0.5, 0.6) is 0 Å². The third-order valence-corrected chi connectivity index (χ3v) is 3.46. The number of piperazine rings is 1. The Labute approximate surface area is 95.1 Å². The first-order valence-corrected chi connectivity index (χ1v) is 5.76. The second kappa shape index (κ2) is 4.05. The van der Waals surface area contributed by atoms with Crippen LogP contribution in [0, 0.1) is 0 Å². The number of ether oxygens (including phenoxy) is 1. The average molecular weight is 226 g/mol. The van der Waals surface area contributed by atoms with Crippen LogP contribution in [0.15, 0.2) is 0 Å².